The van der Waals surface area contributed by atoms with Gasteiger partial charge in [0, 0.05) is 38.0 Å². The van der Waals surface area contributed by atoms with Gasteiger partial charge < -0.3 is 19.7 Å². The SMILES string of the molecule is O=C(NCCC(=O)N1CCC(C2OCCO2)CC1)c1ccc(F)cc1F. The first-order valence-electron chi connectivity index (χ1n) is 8.79. The van der Waals surface area contributed by atoms with Crippen molar-refractivity contribution in [2.75, 3.05) is 32.8 Å². The molecule has 142 valence electrons. The summed E-state index contributed by atoms with van der Waals surface area (Å²) in [5, 5.41) is 2.49. The van der Waals surface area contributed by atoms with Gasteiger partial charge in [0.15, 0.2) is 6.29 Å². The fourth-order valence-electron chi connectivity index (χ4n) is 3.28. The molecule has 0 radical (unpaired) electrons. The maximum absolute atomic E-state index is 13.5. The van der Waals surface area contributed by atoms with E-state index in [1.165, 1.54) is 0 Å². The summed E-state index contributed by atoms with van der Waals surface area (Å²) in [4.78, 5) is 25.9. The van der Waals surface area contributed by atoms with Crippen LogP contribution in [0.2, 0.25) is 0 Å². The Morgan fingerprint density at radius 2 is 1.85 bits per heavy atom. The zero-order valence-corrected chi connectivity index (χ0v) is 14.4. The molecule has 2 amide bonds. The van der Waals surface area contributed by atoms with E-state index in [4.69, 9.17) is 9.47 Å². The molecule has 0 aliphatic carbocycles. The second-order valence-corrected chi connectivity index (χ2v) is 6.46. The number of hydrogen-bond donors (Lipinski definition) is 1. The number of carbonyl (C=O) groups is 2. The van der Waals surface area contributed by atoms with Crippen molar-refractivity contribution in [2.24, 2.45) is 5.92 Å². The lowest BCUT2D eigenvalue weighted by Crippen LogP contribution is -2.42. The highest BCUT2D eigenvalue weighted by Crippen LogP contribution is 2.25. The number of likely N-dealkylation sites (tertiary alicyclic amines) is 1. The van der Waals surface area contributed by atoms with Crippen LogP contribution in [0.3, 0.4) is 0 Å². The first-order valence-corrected chi connectivity index (χ1v) is 8.79. The Morgan fingerprint density at radius 1 is 1.15 bits per heavy atom. The van der Waals surface area contributed by atoms with E-state index in [2.05, 4.69) is 5.32 Å². The molecule has 2 aliphatic rings. The maximum atomic E-state index is 13.5. The molecule has 1 aromatic carbocycles. The van der Waals surface area contributed by atoms with Crippen LogP contribution in [0.1, 0.15) is 29.6 Å². The number of nitrogens with one attached hydrogen (secondary N) is 1. The zero-order chi connectivity index (χ0) is 18.5. The number of carbonyl (C=O) groups excluding carboxylic acids is 2. The van der Waals surface area contributed by atoms with E-state index >= 15 is 0 Å². The van der Waals surface area contributed by atoms with E-state index < -0.39 is 17.5 Å². The molecule has 2 fully saturated rings. The summed E-state index contributed by atoms with van der Waals surface area (Å²) in [6.07, 6.45) is 1.63. The highest BCUT2D eigenvalue weighted by molar-refractivity contribution is 5.94. The highest BCUT2D eigenvalue weighted by atomic mass is 19.1. The van der Waals surface area contributed by atoms with Gasteiger partial charge >= 0.3 is 0 Å². The van der Waals surface area contributed by atoms with Gasteiger partial charge in [0.1, 0.15) is 11.6 Å². The minimum absolute atomic E-state index is 0.0587. The van der Waals surface area contributed by atoms with Gasteiger partial charge in [-0.15, -0.1) is 0 Å². The number of amides is 2. The van der Waals surface area contributed by atoms with E-state index in [0.29, 0.717) is 38.3 Å². The van der Waals surface area contributed by atoms with E-state index in [1.54, 1.807) is 4.90 Å². The molecule has 0 aromatic heterocycles. The molecular formula is C18H22F2N2O4. The topological polar surface area (TPSA) is 67.9 Å². The fourth-order valence-corrected chi connectivity index (χ4v) is 3.28. The Bertz CT molecular complexity index is 657. The Kier molecular flexibility index (Phi) is 6.16. The first kappa shape index (κ1) is 18.7. The van der Waals surface area contributed by atoms with Gasteiger partial charge in [0.05, 0.1) is 18.8 Å². The molecule has 3 rings (SSSR count). The number of nitrogens with zero attached hydrogens (tertiary/aromatic N) is 1. The van der Waals surface area contributed by atoms with Crippen LogP contribution in [-0.2, 0) is 14.3 Å². The molecule has 0 spiro atoms. The van der Waals surface area contributed by atoms with Gasteiger partial charge in [-0.25, -0.2) is 8.78 Å². The molecule has 0 saturated carbocycles. The monoisotopic (exact) mass is 368 g/mol. The third-order valence-corrected chi connectivity index (χ3v) is 4.72. The van der Waals surface area contributed by atoms with Crippen molar-refractivity contribution >= 4 is 11.8 Å². The van der Waals surface area contributed by atoms with Crippen molar-refractivity contribution in [3.63, 3.8) is 0 Å². The summed E-state index contributed by atoms with van der Waals surface area (Å²) in [6.45, 7) is 2.61. The van der Waals surface area contributed by atoms with Gasteiger partial charge in [-0.05, 0) is 25.0 Å². The molecule has 2 aliphatic heterocycles. The zero-order valence-electron chi connectivity index (χ0n) is 14.4. The van der Waals surface area contributed by atoms with Gasteiger partial charge in [-0.1, -0.05) is 0 Å². The van der Waals surface area contributed by atoms with Crippen molar-refractivity contribution < 1.29 is 27.8 Å². The van der Waals surface area contributed by atoms with E-state index in [0.717, 1.165) is 25.0 Å². The standard InChI is InChI=1S/C18H22F2N2O4/c19-13-1-2-14(15(20)11-13)17(24)21-6-3-16(23)22-7-4-12(5-8-22)18-25-9-10-26-18/h1-2,11-12,18H,3-10H2,(H,21,24). The van der Waals surface area contributed by atoms with Crippen molar-refractivity contribution in [1.82, 2.24) is 10.2 Å². The Balaban J connectivity index is 1.39. The van der Waals surface area contributed by atoms with Gasteiger partial charge in [0.25, 0.3) is 5.91 Å². The third kappa shape index (κ3) is 4.56. The second-order valence-electron chi connectivity index (χ2n) is 6.46. The lowest BCUT2D eigenvalue weighted by molar-refractivity contribution is -0.136. The molecular weight excluding hydrogens is 346 g/mol. The van der Waals surface area contributed by atoms with Gasteiger partial charge in [-0.2, -0.15) is 0 Å². The number of piperidine rings is 1. The normalized spacial score (nSPS) is 18.9. The number of rotatable bonds is 5. The Morgan fingerprint density at radius 3 is 2.50 bits per heavy atom. The fraction of sp³-hybridized carbons (Fsp3) is 0.556. The van der Waals surface area contributed by atoms with Crippen LogP contribution in [0.5, 0.6) is 0 Å². The lowest BCUT2D eigenvalue weighted by atomic mass is 9.96. The summed E-state index contributed by atoms with van der Waals surface area (Å²) >= 11 is 0. The molecule has 1 aromatic rings. The molecule has 26 heavy (non-hydrogen) atoms. The lowest BCUT2D eigenvalue weighted by Gasteiger charge is -2.33. The van der Waals surface area contributed by atoms with Crippen LogP contribution in [-0.4, -0.2) is 55.9 Å². The molecule has 6 nitrogen and oxygen atoms in total. The van der Waals surface area contributed by atoms with Crippen LogP contribution in [0.15, 0.2) is 18.2 Å². The number of benzene rings is 1. The summed E-state index contributed by atoms with van der Waals surface area (Å²) in [5.41, 5.74) is -0.240. The average molecular weight is 368 g/mol. The van der Waals surface area contributed by atoms with Crippen LogP contribution in [0, 0.1) is 17.6 Å². The van der Waals surface area contributed by atoms with E-state index in [-0.39, 0.29) is 30.7 Å². The number of halogens is 2. The van der Waals surface area contributed by atoms with Gasteiger partial charge in [-0.3, -0.25) is 9.59 Å². The Labute approximate surface area is 150 Å². The van der Waals surface area contributed by atoms with Crippen LogP contribution in [0.25, 0.3) is 0 Å². The summed E-state index contributed by atoms with van der Waals surface area (Å²) in [6, 6.07) is 2.76. The summed E-state index contributed by atoms with van der Waals surface area (Å²) in [7, 11) is 0. The highest BCUT2D eigenvalue weighted by Gasteiger charge is 2.31. The van der Waals surface area contributed by atoms with Crippen LogP contribution in [0.4, 0.5) is 8.78 Å². The quantitative estimate of drug-likeness (QED) is 0.859. The third-order valence-electron chi connectivity index (χ3n) is 4.72. The number of hydrogen-bond acceptors (Lipinski definition) is 4. The largest absolute Gasteiger partial charge is 0.351 e. The molecule has 1 N–H and O–H groups in total. The average Bonchev–Trinajstić information content (AvgIpc) is 3.16. The summed E-state index contributed by atoms with van der Waals surface area (Å²) < 4.78 is 37.4. The first-order chi connectivity index (χ1) is 12.5. The predicted octanol–water partition coefficient (Wildman–Crippen LogP) is 1.70. The van der Waals surface area contributed by atoms with Crippen molar-refractivity contribution in [2.45, 2.75) is 25.6 Å². The van der Waals surface area contributed by atoms with Crippen LogP contribution >= 0.6 is 0 Å². The van der Waals surface area contributed by atoms with Crippen molar-refractivity contribution in [3.05, 3.63) is 35.4 Å². The molecule has 0 bridgehead atoms. The molecule has 2 saturated heterocycles. The summed E-state index contributed by atoms with van der Waals surface area (Å²) in [5.74, 6) is -2.08. The van der Waals surface area contributed by atoms with E-state index in [1.807, 2.05) is 0 Å². The minimum atomic E-state index is -0.924. The maximum Gasteiger partial charge on any atom is 0.254 e. The van der Waals surface area contributed by atoms with Crippen LogP contribution < -0.4 is 5.32 Å². The molecule has 0 unspecified atom stereocenters. The smallest absolute Gasteiger partial charge is 0.254 e. The number of ether oxygens (including phenoxy) is 2. The van der Waals surface area contributed by atoms with Gasteiger partial charge in [0.2, 0.25) is 5.91 Å². The minimum Gasteiger partial charge on any atom is -0.351 e. The second kappa shape index (κ2) is 8.55. The van der Waals surface area contributed by atoms with E-state index in [9.17, 15) is 18.4 Å². The Hall–Kier alpha value is -2.06. The van der Waals surface area contributed by atoms with Crippen molar-refractivity contribution in [1.29, 1.82) is 0 Å². The molecule has 8 heteroatoms. The molecule has 0 atom stereocenters. The predicted molar refractivity (Wildman–Crippen MR) is 88.3 cm³/mol. The van der Waals surface area contributed by atoms with Crippen molar-refractivity contribution in [3.8, 4) is 0 Å². The molecule has 2 heterocycles.